The molecule has 1 aromatic heterocycles. The number of aromatic nitrogens is 2. The normalized spacial score (nSPS) is 20.3. The van der Waals surface area contributed by atoms with Crippen molar-refractivity contribution in [3.8, 4) is 5.88 Å². The molecule has 0 radical (unpaired) electrons. The average molecular weight is 253 g/mol. The van der Waals surface area contributed by atoms with Crippen molar-refractivity contribution in [2.45, 2.75) is 19.9 Å². The Labute approximate surface area is 106 Å². The Balaban J connectivity index is 2.09. The molecule has 1 aliphatic heterocycles. The Morgan fingerprint density at radius 3 is 2.89 bits per heavy atom. The molecule has 1 saturated heterocycles. The quantitative estimate of drug-likeness (QED) is 0.853. The van der Waals surface area contributed by atoms with Crippen molar-refractivity contribution >= 4 is 5.97 Å². The van der Waals surface area contributed by atoms with Crippen molar-refractivity contribution in [1.29, 1.82) is 0 Å². The number of aliphatic carboxylic acids is 1. The Bertz CT molecular complexity index is 456. The van der Waals surface area contributed by atoms with Crippen LogP contribution < -0.4 is 4.74 Å². The van der Waals surface area contributed by atoms with E-state index in [0.29, 0.717) is 13.1 Å². The minimum atomic E-state index is -0.702. The molecule has 0 aromatic carbocycles. The number of hydrogen-bond acceptors (Lipinski definition) is 4. The number of methoxy groups -OCH3 is 1. The van der Waals surface area contributed by atoms with Gasteiger partial charge in [-0.05, 0) is 19.9 Å². The monoisotopic (exact) mass is 253 g/mol. The first kappa shape index (κ1) is 12.9. The second kappa shape index (κ2) is 4.97. The second-order valence-corrected chi connectivity index (χ2v) is 4.76. The lowest BCUT2D eigenvalue weighted by Crippen LogP contribution is -2.23. The summed E-state index contributed by atoms with van der Waals surface area (Å²) in [6.07, 6.45) is 0.719. The molecule has 0 saturated carbocycles. The van der Waals surface area contributed by atoms with Crippen LogP contribution in [0, 0.1) is 12.8 Å². The third-order valence-corrected chi connectivity index (χ3v) is 3.49. The number of hydrogen-bond donors (Lipinski definition) is 1. The van der Waals surface area contributed by atoms with Gasteiger partial charge >= 0.3 is 5.97 Å². The van der Waals surface area contributed by atoms with Gasteiger partial charge in [0.15, 0.2) is 0 Å². The van der Waals surface area contributed by atoms with E-state index < -0.39 is 5.97 Å². The fourth-order valence-corrected chi connectivity index (χ4v) is 2.52. The van der Waals surface area contributed by atoms with Gasteiger partial charge in [-0.15, -0.1) is 0 Å². The minimum Gasteiger partial charge on any atom is -0.481 e. The predicted molar refractivity (Wildman–Crippen MR) is 65.5 cm³/mol. The molecule has 6 nitrogen and oxygen atoms in total. The zero-order chi connectivity index (χ0) is 13.3. The van der Waals surface area contributed by atoms with Crippen LogP contribution in [0.25, 0.3) is 0 Å². The van der Waals surface area contributed by atoms with Gasteiger partial charge in [0.05, 0.1) is 24.3 Å². The van der Waals surface area contributed by atoms with Crippen molar-refractivity contribution in [2.75, 3.05) is 20.2 Å². The van der Waals surface area contributed by atoms with Gasteiger partial charge in [0.25, 0.3) is 0 Å². The molecule has 1 aliphatic rings. The topological polar surface area (TPSA) is 67.6 Å². The zero-order valence-corrected chi connectivity index (χ0v) is 11.0. The summed E-state index contributed by atoms with van der Waals surface area (Å²) in [5, 5.41) is 13.3. The van der Waals surface area contributed by atoms with Crippen molar-refractivity contribution in [3.05, 3.63) is 11.3 Å². The van der Waals surface area contributed by atoms with Crippen LogP contribution in [-0.4, -0.2) is 46.0 Å². The Morgan fingerprint density at radius 2 is 2.33 bits per heavy atom. The van der Waals surface area contributed by atoms with Crippen LogP contribution in [0.3, 0.4) is 0 Å². The molecule has 2 heterocycles. The number of ether oxygens (including phenoxy) is 1. The molecule has 0 spiro atoms. The molecular weight excluding hydrogens is 234 g/mol. The molecule has 0 amide bonds. The van der Waals surface area contributed by atoms with Crippen LogP contribution in [0.15, 0.2) is 0 Å². The molecule has 1 atom stereocenters. The molecule has 0 bridgehead atoms. The molecular formula is C12H19N3O3. The Hall–Kier alpha value is -1.56. The molecule has 1 aromatic rings. The van der Waals surface area contributed by atoms with Gasteiger partial charge in [-0.3, -0.25) is 9.69 Å². The number of carboxylic acids is 1. The number of nitrogens with zero attached hydrogens (tertiary/aromatic N) is 3. The molecule has 18 heavy (non-hydrogen) atoms. The van der Waals surface area contributed by atoms with E-state index in [9.17, 15) is 4.79 Å². The molecule has 1 unspecified atom stereocenters. The van der Waals surface area contributed by atoms with Crippen LogP contribution in [-0.2, 0) is 18.4 Å². The van der Waals surface area contributed by atoms with Crippen LogP contribution in [0.1, 0.15) is 17.7 Å². The SMILES string of the molecule is COc1c(CN2CCC(C(=O)O)C2)c(C)nn1C. The highest BCUT2D eigenvalue weighted by Crippen LogP contribution is 2.25. The first-order valence-corrected chi connectivity index (χ1v) is 6.04. The lowest BCUT2D eigenvalue weighted by molar-refractivity contribution is -0.141. The maximum absolute atomic E-state index is 10.9. The molecule has 0 aliphatic carbocycles. The van der Waals surface area contributed by atoms with Crippen molar-refractivity contribution < 1.29 is 14.6 Å². The van der Waals surface area contributed by atoms with Gasteiger partial charge in [-0.2, -0.15) is 5.10 Å². The van der Waals surface area contributed by atoms with Crippen LogP contribution >= 0.6 is 0 Å². The minimum absolute atomic E-state index is 0.243. The summed E-state index contributed by atoms with van der Waals surface area (Å²) in [7, 11) is 3.48. The lowest BCUT2D eigenvalue weighted by atomic mass is 10.1. The predicted octanol–water partition coefficient (Wildman–Crippen LogP) is 0.644. The third kappa shape index (κ3) is 2.33. The van der Waals surface area contributed by atoms with Crippen molar-refractivity contribution in [2.24, 2.45) is 13.0 Å². The van der Waals surface area contributed by atoms with E-state index >= 15 is 0 Å². The summed E-state index contributed by atoms with van der Waals surface area (Å²) >= 11 is 0. The Kier molecular flexibility index (Phi) is 3.56. The van der Waals surface area contributed by atoms with E-state index in [1.165, 1.54) is 0 Å². The second-order valence-electron chi connectivity index (χ2n) is 4.76. The first-order valence-electron chi connectivity index (χ1n) is 6.04. The summed E-state index contributed by atoms with van der Waals surface area (Å²) in [5.41, 5.74) is 1.99. The van der Waals surface area contributed by atoms with Gasteiger partial charge in [0.2, 0.25) is 5.88 Å². The molecule has 2 rings (SSSR count). The van der Waals surface area contributed by atoms with E-state index in [-0.39, 0.29) is 5.92 Å². The van der Waals surface area contributed by atoms with E-state index in [0.717, 1.165) is 30.1 Å². The van der Waals surface area contributed by atoms with E-state index in [1.807, 2.05) is 14.0 Å². The molecule has 6 heteroatoms. The van der Waals surface area contributed by atoms with Gasteiger partial charge in [0.1, 0.15) is 0 Å². The largest absolute Gasteiger partial charge is 0.481 e. The maximum atomic E-state index is 10.9. The fourth-order valence-electron chi connectivity index (χ4n) is 2.52. The van der Waals surface area contributed by atoms with Gasteiger partial charge < -0.3 is 9.84 Å². The Morgan fingerprint density at radius 1 is 1.61 bits per heavy atom. The van der Waals surface area contributed by atoms with Crippen molar-refractivity contribution in [3.63, 3.8) is 0 Å². The fraction of sp³-hybridized carbons (Fsp3) is 0.667. The summed E-state index contributed by atoms with van der Waals surface area (Å²) in [6.45, 7) is 4.07. The number of rotatable bonds is 4. The molecule has 1 N–H and O–H groups in total. The summed E-state index contributed by atoms with van der Waals surface area (Å²) in [4.78, 5) is 13.1. The van der Waals surface area contributed by atoms with Gasteiger partial charge in [-0.25, -0.2) is 4.68 Å². The van der Waals surface area contributed by atoms with E-state index in [1.54, 1.807) is 11.8 Å². The smallest absolute Gasteiger partial charge is 0.307 e. The third-order valence-electron chi connectivity index (χ3n) is 3.49. The summed E-state index contributed by atoms with van der Waals surface area (Å²) in [5.74, 6) is -0.188. The number of carbonyl (C=O) groups is 1. The van der Waals surface area contributed by atoms with E-state index in [2.05, 4.69) is 10.00 Å². The highest BCUT2D eigenvalue weighted by molar-refractivity contribution is 5.70. The first-order chi connectivity index (χ1) is 8.52. The summed E-state index contributed by atoms with van der Waals surface area (Å²) < 4.78 is 7.06. The number of carboxylic acid groups (broad SMARTS) is 1. The van der Waals surface area contributed by atoms with Crippen molar-refractivity contribution in [1.82, 2.24) is 14.7 Å². The lowest BCUT2D eigenvalue weighted by Gasteiger charge is -2.15. The number of aryl methyl sites for hydroxylation is 2. The van der Waals surface area contributed by atoms with Gasteiger partial charge in [-0.1, -0.05) is 0 Å². The maximum Gasteiger partial charge on any atom is 0.307 e. The standard InChI is InChI=1S/C12H19N3O3/c1-8-10(11(18-3)14(2)13-8)7-15-5-4-9(6-15)12(16)17/h9H,4-7H2,1-3H3,(H,16,17). The van der Waals surface area contributed by atoms with E-state index in [4.69, 9.17) is 9.84 Å². The van der Waals surface area contributed by atoms with Crippen LogP contribution in [0.5, 0.6) is 5.88 Å². The average Bonchev–Trinajstić information content (AvgIpc) is 2.86. The molecule has 100 valence electrons. The van der Waals surface area contributed by atoms with Crippen LogP contribution in [0.4, 0.5) is 0 Å². The van der Waals surface area contributed by atoms with Gasteiger partial charge in [0, 0.05) is 20.1 Å². The zero-order valence-electron chi connectivity index (χ0n) is 11.0. The van der Waals surface area contributed by atoms with Crippen LogP contribution in [0.2, 0.25) is 0 Å². The highest BCUT2D eigenvalue weighted by atomic mass is 16.5. The highest BCUT2D eigenvalue weighted by Gasteiger charge is 2.29. The summed E-state index contributed by atoms with van der Waals surface area (Å²) in [6, 6.07) is 0. The molecule has 1 fully saturated rings. The number of likely N-dealkylation sites (tertiary alicyclic amines) is 1.